The first-order valence-electron chi connectivity index (χ1n) is 7.58. The van der Waals surface area contributed by atoms with Crippen LogP contribution in [-0.4, -0.2) is 37.0 Å². The Kier molecular flexibility index (Phi) is 5.56. The SMILES string of the molecule is CCOc1cc(OCC)cc(C(=O)NC2CCC(=O)NC2=O)c1. The van der Waals surface area contributed by atoms with Crippen molar-refractivity contribution in [2.24, 2.45) is 0 Å². The molecule has 23 heavy (non-hydrogen) atoms. The topological polar surface area (TPSA) is 93.7 Å². The Hall–Kier alpha value is -2.57. The van der Waals surface area contributed by atoms with Gasteiger partial charge in [0, 0.05) is 18.1 Å². The summed E-state index contributed by atoms with van der Waals surface area (Å²) in [4.78, 5) is 35.2. The zero-order valence-corrected chi connectivity index (χ0v) is 13.2. The van der Waals surface area contributed by atoms with Gasteiger partial charge in [0.2, 0.25) is 11.8 Å². The van der Waals surface area contributed by atoms with E-state index in [2.05, 4.69) is 10.6 Å². The van der Waals surface area contributed by atoms with Crippen molar-refractivity contribution in [2.75, 3.05) is 13.2 Å². The fourth-order valence-electron chi connectivity index (χ4n) is 2.28. The predicted octanol–water partition coefficient (Wildman–Crippen LogP) is 1.02. The van der Waals surface area contributed by atoms with Crippen molar-refractivity contribution in [1.29, 1.82) is 0 Å². The van der Waals surface area contributed by atoms with E-state index in [4.69, 9.17) is 9.47 Å². The Bertz CT molecular complexity index is 590. The van der Waals surface area contributed by atoms with Gasteiger partial charge in [-0.15, -0.1) is 0 Å². The van der Waals surface area contributed by atoms with Crippen molar-refractivity contribution in [1.82, 2.24) is 10.6 Å². The number of benzene rings is 1. The number of carbonyl (C=O) groups excluding carboxylic acids is 3. The number of hydrogen-bond acceptors (Lipinski definition) is 5. The number of ether oxygens (including phenoxy) is 2. The lowest BCUT2D eigenvalue weighted by Gasteiger charge is -2.22. The van der Waals surface area contributed by atoms with Gasteiger partial charge in [-0.05, 0) is 32.4 Å². The molecule has 1 saturated heterocycles. The molecule has 0 spiro atoms. The number of rotatable bonds is 6. The van der Waals surface area contributed by atoms with Gasteiger partial charge in [0.05, 0.1) is 13.2 Å². The summed E-state index contributed by atoms with van der Waals surface area (Å²) in [5.41, 5.74) is 0.337. The zero-order chi connectivity index (χ0) is 16.8. The van der Waals surface area contributed by atoms with Crippen LogP contribution in [0.3, 0.4) is 0 Å². The van der Waals surface area contributed by atoms with Gasteiger partial charge in [0.25, 0.3) is 5.91 Å². The molecule has 1 aromatic rings. The van der Waals surface area contributed by atoms with E-state index >= 15 is 0 Å². The summed E-state index contributed by atoms with van der Waals surface area (Å²) < 4.78 is 10.8. The molecule has 1 aliphatic rings. The molecule has 124 valence electrons. The normalized spacial score (nSPS) is 17.4. The van der Waals surface area contributed by atoms with E-state index in [9.17, 15) is 14.4 Å². The summed E-state index contributed by atoms with van der Waals surface area (Å²) in [5, 5.41) is 4.84. The lowest BCUT2D eigenvalue weighted by atomic mass is 10.1. The molecule has 7 nitrogen and oxygen atoms in total. The Balaban J connectivity index is 2.14. The average Bonchev–Trinajstić information content (AvgIpc) is 2.50. The highest BCUT2D eigenvalue weighted by atomic mass is 16.5. The molecule has 0 bridgehead atoms. The van der Waals surface area contributed by atoms with Crippen molar-refractivity contribution in [2.45, 2.75) is 32.7 Å². The summed E-state index contributed by atoms with van der Waals surface area (Å²) >= 11 is 0. The van der Waals surface area contributed by atoms with Crippen LogP contribution >= 0.6 is 0 Å². The summed E-state index contributed by atoms with van der Waals surface area (Å²) in [6.45, 7) is 4.61. The second kappa shape index (κ2) is 7.62. The molecule has 1 aromatic carbocycles. The lowest BCUT2D eigenvalue weighted by Crippen LogP contribution is -2.52. The van der Waals surface area contributed by atoms with Gasteiger partial charge in [-0.25, -0.2) is 0 Å². The van der Waals surface area contributed by atoms with Gasteiger partial charge >= 0.3 is 0 Å². The molecule has 1 fully saturated rings. The largest absolute Gasteiger partial charge is 0.494 e. The molecule has 7 heteroatoms. The third kappa shape index (κ3) is 4.45. The summed E-state index contributed by atoms with van der Waals surface area (Å²) in [7, 11) is 0. The predicted molar refractivity (Wildman–Crippen MR) is 82.4 cm³/mol. The third-order valence-electron chi connectivity index (χ3n) is 3.31. The van der Waals surface area contributed by atoms with Crippen molar-refractivity contribution in [3.05, 3.63) is 23.8 Å². The van der Waals surface area contributed by atoms with Crippen molar-refractivity contribution < 1.29 is 23.9 Å². The van der Waals surface area contributed by atoms with Crippen LogP contribution in [0.25, 0.3) is 0 Å². The molecule has 0 radical (unpaired) electrons. The molecule has 2 N–H and O–H groups in total. The van der Waals surface area contributed by atoms with Crippen LogP contribution in [0.2, 0.25) is 0 Å². The van der Waals surface area contributed by atoms with Gasteiger partial charge in [-0.2, -0.15) is 0 Å². The Labute approximate surface area is 134 Å². The second-order valence-corrected chi connectivity index (χ2v) is 5.04. The van der Waals surface area contributed by atoms with Crippen molar-refractivity contribution in [3.8, 4) is 11.5 Å². The first kappa shape index (κ1) is 16.8. The maximum Gasteiger partial charge on any atom is 0.252 e. The number of carbonyl (C=O) groups is 3. The fourth-order valence-corrected chi connectivity index (χ4v) is 2.28. The molecule has 2 rings (SSSR count). The van der Waals surface area contributed by atoms with E-state index in [1.165, 1.54) is 0 Å². The molecule has 0 saturated carbocycles. The minimum Gasteiger partial charge on any atom is -0.494 e. The first-order chi connectivity index (χ1) is 11.0. The van der Waals surface area contributed by atoms with E-state index in [0.29, 0.717) is 36.7 Å². The number of hydrogen-bond donors (Lipinski definition) is 2. The van der Waals surface area contributed by atoms with E-state index in [-0.39, 0.29) is 12.3 Å². The molecule has 3 amide bonds. The number of amides is 3. The standard InChI is InChI=1S/C16H20N2O5/c1-3-22-11-7-10(8-12(9-11)23-4-2)15(20)17-13-5-6-14(19)18-16(13)21/h7-9,13H,3-6H2,1-2H3,(H,17,20)(H,18,19,21). The van der Waals surface area contributed by atoms with Gasteiger partial charge in [0.1, 0.15) is 17.5 Å². The van der Waals surface area contributed by atoms with Crippen molar-refractivity contribution in [3.63, 3.8) is 0 Å². The highest BCUT2D eigenvalue weighted by Crippen LogP contribution is 2.23. The maximum absolute atomic E-state index is 12.4. The van der Waals surface area contributed by atoms with E-state index in [1.807, 2.05) is 13.8 Å². The minimum atomic E-state index is -0.716. The third-order valence-corrected chi connectivity index (χ3v) is 3.31. The summed E-state index contributed by atoms with van der Waals surface area (Å²) in [6, 6.07) is 4.17. The Morgan fingerprint density at radius 3 is 2.30 bits per heavy atom. The van der Waals surface area contributed by atoms with Crippen LogP contribution in [-0.2, 0) is 9.59 Å². The van der Waals surface area contributed by atoms with Crippen molar-refractivity contribution >= 4 is 17.7 Å². The quantitative estimate of drug-likeness (QED) is 0.763. The highest BCUT2D eigenvalue weighted by Gasteiger charge is 2.28. The average molecular weight is 320 g/mol. The van der Waals surface area contributed by atoms with E-state index in [1.54, 1.807) is 18.2 Å². The smallest absolute Gasteiger partial charge is 0.252 e. The van der Waals surface area contributed by atoms with Gasteiger partial charge < -0.3 is 14.8 Å². The number of piperidine rings is 1. The molecule has 1 heterocycles. The molecule has 0 aromatic heterocycles. The van der Waals surface area contributed by atoms with Crippen LogP contribution in [0.1, 0.15) is 37.0 Å². The highest BCUT2D eigenvalue weighted by molar-refractivity contribution is 6.03. The molecule has 1 unspecified atom stereocenters. The Morgan fingerprint density at radius 2 is 1.78 bits per heavy atom. The van der Waals surface area contributed by atoms with Crippen LogP contribution in [0.4, 0.5) is 0 Å². The molecule has 1 atom stereocenters. The summed E-state index contributed by atoms with van der Waals surface area (Å²) in [6.07, 6.45) is 0.500. The number of nitrogens with one attached hydrogen (secondary N) is 2. The van der Waals surface area contributed by atoms with Crippen LogP contribution < -0.4 is 20.1 Å². The van der Waals surface area contributed by atoms with Gasteiger partial charge in [0.15, 0.2) is 0 Å². The second-order valence-electron chi connectivity index (χ2n) is 5.04. The minimum absolute atomic E-state index is 0.208. The van der Waals surface area contributed by atoms with Crippen LogP contribution in [0, 0.1) is 0 Å². The zero-order valence-electron chi connectivity index (χ0n) is 13.2. The lowest BCUT2D eigenvalue weighted by molar-refractivity contribution is -0.134. The molecule has 1 aliphatic heterocycles. The maximum atomic E-state index is 12.4. The van der Waals surface area contributed by atoms with E-state index < -0.39 is 17.9 Å². The van der Waals surface area contributed by atoms with Gasteiger partial charge in [-0.3, -0.25) is 19.7 Å². The van der Waals surface area contributed by atoms with Gasteiger partial charge in [-0.1, -0.05) is 0 Å². The first-order valence-corrected chi connectivity index (χ1v) is 7.58. The number of imide groups is 1. The van der Waals surface area contributed by atoms with Crippen LogP contribution in [0.5, 0.6) is 11.5 Å². The molecular formula is C16H20N2O5. The van der Waals surface area contributed by atoms with E-state index in [0.717, 1.165) is 0 Å². The van der Waals surface area contributed by atoms with Crippen LogP contribution in [0.15, 0.2) is 18.2 Å². The Morgan fingerprint density at radius 1 is 1.17 bits per heavy atom. The fraction of sp³-hybridized carbons (Fsp3) is 0.438. The summed E-state index contributed by atoms with van der Waals surface area (Å²) in [5.74, 6) is -0.182. The monoisotopic (exact) mass is 320 g/mol. The molecule has 0 aliphatic carbocycles. The molecular weight excluding hydrogens is 300 g/mol.